The van der Waals surface area contributed by atoms with Gasteiger partial charge in [0.25, 0.3) is 5.56 Å². The predicted molar refractivity (Wildman–Crippen MR) is 108 cm³/mol. The number of nitrogens with zero attached hydrogens (tertiary/aromatic N) is 1. The van der Waals surface area contributed by atoms with Crippen LogP contribution in [0.2, 0.25) is 0 Å². The lowest BCUT2D eigenvalue weighted by atomic mass is 9.96. The molecule has 0 bridgehead atoms. The lowest BCUT2D eigenvalue weighted by molar-refractivity contribution is 0.415. The molecule has 4 aromatic rings. The fourth-order valence-corrected chi connectivity index (χ4v) is 3.11. The minimum absolute atomic E-state index is 0.120. The van der Waals surface area contributed by atoms with Crippen LogP contribution in [0.4, 0.5) is 0 Å². The van der Waals surface area contributed by atoms with Crippen LogP contribution in [-0.4, -0.2) is 17.1 Å². The van der Waals surface area contributed by atoms with Gasteiger partial charge in [0.15, 0.2) is 0 Å². The lowest BCUT2D eigenvalue weighted by Gasteiger charge is -2.13. The van der Waals surface area contributed by atoms with Crippen molar-refractivity contribution in [2.45, 2.75) is 0 Å². The topological polar surface area (TPSA) is 55.0 Å². The second kappa shape index (κ2) is 7.30. The highest BCUT2D eigenvalue weighted by molar-refractivity contribution is 5.84. The summed E-state index contributed by atoms with van der Waals surface area (Å²) in [6.45, 7) is 0. The minimum atomic E-state index is -0.120. The number of rotatable bonds is 4. The van der Waals surface area contributed by atoms with Gasteiger partial charge in [-0.1, -0.05) is 42.5 Å². The van der Waals surface area contributed by atoms with Crippen LogP contribution in [-0.2, 0) is 0 Å². The molecule has 0 fully saturated rings. The summed E-state index contributed by atoms with van der Waals surface area (Å²) in [5.74, 6) is 0.789. The summed E-state index contributed by atoms with van der Waals surface area (Å²) in [5, 5.41) is 0. The summed E-state index contributed by atoms with van der Waals surface area (Å²) in [7, 11) is 1.64. The SMILES string of the molecule is COc1ccc(-c2cc(-c3ccccc3)c(=O)[nH]c2-c2ccncc2)cc1. The Kier molecular flexibility index (Phi) is 4.54. The second-order valence-electron chi connectivity index (χ2n) is 6.13. The summed E-state index contributed by atoms with van der Waals surface area (Å²) < 4.78 is 5.27. The number of hydrogen-bond donors (Lipinski definition) is 1. The number of aromatic amines is 1. The molecule has 0 aliphatic rings. The number of pyridine rings is 2. The minimum Gasteiger partial charge on any atom is -0.497 e. The van der Waals surface area contributed by atoms with Crippen molar-refractivity contribution in [1.82, 2.24) is 9.97 Å². The van der Waals surface area contributed by atoms with Crippen LogP contribution in [0.25, 0.3) is 33.5 Å². The molecule has 0 saturated heterocycles. The van der Waals surface area contributed by atoms with E-state index in [9.17, 15) is 4.79 Å². The maximum Gasteiger partial charge on any atom is 0.256 e. The molecule has 4 heteroatoms. The highest BCUT2D eigenvalue weighted by Gasteiger charge is 2.13. The number of ether oxygens (including phenoxy) is 1. The van der Waals surface area contributed by atoms with Gasteiger partial charge in [0.1, 0.15) is 5.75 Å². The first kappa shape index (κ1) is 16.8. The Morgan fingerprint density at radius 1 is 0.778 bits per heavy atom. The largest absolute Gasteiger partial charge is 0.497 e. The van der Waals surface area contributed by atoms with Gasteiger partial charge in [0.05, 0.1) is 12.8 Å². The molecule has 4 nitrogen and oxygen atoms in total. The molecule has 0 spiro atoms. The molecular formula is C23H18N2O2. The van der Waals surface area contributed by atoms with Crippen molar-refractivity contribution >= 4 is 0 Å². The summed E-state index contributed by atoms with van der Waals surface area (Å²) >= 11 is 0. The number of hydrogen-bond acceptors (Lipinski definition) is 3. The van der Waals surface area contributed by atoms with Gasteiger partial charge < -0.3 is 9.72 Å². The normalized spacial score (nSPS) is 10.6. The molecule has 0 unspecified atom stereocenters. The molecule has 0 aliphatic heterocycles. The average molecular weight is 354 g/mol. The third-order valence-electron chi connectivity index (χ3n) is 4.50. The molecule has 0 atom stereocenters. The zero-order valence-corrected chi connectivity index (χ0v) is 14.8. The average Bonchev–Trinajstić information content (AvgIpc) is 2.75. The van der Waals surface area contributed by atoms with Crippen molar-refractivity contribution in [3.63, 3.8) is 0 Å². The van der Waals surface area contributed by atoms with Crippen molar-refractivity contribution in [2.75, 3.05) is 7.11 Å². The number of methoxy groups -OCH3 is 1. The van der Waals surface area contributed by atoms with E-state index < -0.39 is 0 Å². The zero-order chi connectivity index (χ0) is 18.6. The van der Waals surface area contributed by atoms with Crippen LogP contribution >= 0.6 is 0 Å². The standard InChI is InChI=1S/C23H18N2O2/c1-27-19-9-7-17(8-10-19)20-15-21(16-5-3-2-4-6-16)23(26)25-22(20)18-11-13-24-14-12-18/h2-15H,1H3,(H,25,26). The maximum atomic E-state index is 12.8. The van der Waals surface area contributed by atoms with E-state index in [4.69, 9.17) is 4.74 Å². The smallest absolute Gasteiger partial charge is 0.256 e. The number of H-pyrrole nitrogens is 1. The highest BCUT2D eigenvalue weighted by Crippen LogP contribution is 2.32. The molecule has 132 valence electrons. The van der Waals surface area contributed by atoms with E-state index in [2.05, 4.69) is 9.97 Å². The molecular weight excluding hydrogens is 336 g/mol. The van der Waals surface area contributed by atoms with Crippen molar-refractivity contribution in [2.24, 2.45) is 0 Å². The third-order valence-corrected chi connectivity index (χ3v) is 4.50. The van der Waals surface area contributed by atoms with Gasteiger partial charge in [0, 0.05) is 29.1 Å². The fraction of sp³-hybridized carbons (Fsp3) is 0.0435. The molecule has 2 aromatic heterocycles. The van der Waals surface area contributed by atoms with Gasteiger partial charge >= 0.3 is 0 Å². The van der Waals surface area contributed by atoms with E-state index in [0.29, 0.717) is 5.56 Å². The Labute approximate surface area is 157 Å². The molecule has 27 heavy (non-hydrogen) atoms. The maximum absolute atomic E-state index is 12.8. The summed E-state index contributed by atoms with van der Waals surface area (Å²) in [4.78, 5) is 20.0. The van der Waals surface area contributed by atoms with Gasteiger partial charge in [-0.15, -0.1) is 0 Å². The number of aromatic nitrogens is 2. The van der Waals surface area contributed by atoms with Crippen LogP contribution < -0.4 is 10.3 Å². The molecule has 0 radical (unpaired) electrons. The Balaban J connectivity index is 1.96. The monoisotopic (exact) mass is 354 g/mol. The Morgan fingerprint density at radius 2 is 1.44 bits per heavy atom. The predicted octanol–water partition coefficient (Wildman–Crippen LogP) is 4.78. The lowest BCUT2D eigenvalue weighted by Crippen LogP contribution is -2.11. The number of benzene rings is 2. The van der Waals surface area contributed by atoms with Gasteiger partial charge in [-0.3, -0.25) is 9.78 Å². The Morgan fingerprint density at radius 3 is 2.11 bits per heavy atom. The summed E-state index contributed by atoms with van der Waals surface area (Å²) in [6.07, 6.45) is 3.44. The first-order chi connectivity index (χ1) is 13.3. The first-order valence-corrected chi connectivity index (χ1v) is 8.64. The van der Waals surface area contributed by atoms with Crippen LogP contribution in [0.1, 0.15) is 0 Å². The molecule has 0 amide bonds. The van der Waals surface area contributed by atoms with E-state index in [1.54, 1.807) is 19.5 Å². The highest BCUT2D eigenvalue weighted by atomic mass is 16.5. The fourth-order valence-electron chi connectivity index (χ4n) is 3.11. The number of nitrogens with one attached hydrogen (secondary N) is 1. The molecule has 0 aliphatic carbocycles. The Bertz CT molecular complexity index is 1100. The molecule has 0 saturated carbocycles. The quantitative estimate of drug-likeness (QED) is 0.574. The van der Waals surface area contributed by atoms with Crippen molar-refractivity contribution < 1.29 is 4.74 Å². The third kappa shape index (κ3) is 3.37. The zero-order valence-electron chi connectivity index (χ0n) is 14.8. The summed E-state index contributed by atoms with van der Waals surface area (Å²) in [5.41, 5.74) is 5.03. The second-order valence-corrected chi connectivity index (χ2v) is 6.13. The van der Waals surface area contributed by atoms with Crippen molar-refractivity contribution in [3.8, 4) is 39.3 Å². The molecule has 2 heterocycles. The van der Waals surface area contributed by atoms with Gasteiger partial charge in [-0.2, -0.15) is 0 Å². The molecule has 4 rings (SSSR count). The van der Waals surface area contributed by atoms with Crippen LogP contribution in [0.3, 0.4) is 0 Å². The first-order valence-electron chi connectivity index (χ1n) is 8.64. The van der Waals surface area contributed by atoms with E-state index in [0.717, 1.165) is 33.7 Å². The van der Waals surface area contributed by atoms with E-state index in [1.165, 1.54) is 0 Å². The van der Waals surface area contributed by atoms with Crippen molar-refractivity contribution in [3.05, 3.63) is 95.5 Å². The molecule has 1 N–H and O–H groups in total. The molecule has 2 aromatic carbocycles. The van der Waals surface area contributed by atoms with E-state index in [-0.39, 0.29) is 5.56 Å². The van der Waals surface area contributed by atoms with Crippen LogP contribution in [0, 0.1) is 0 Å². The Hall–Kier alpha value is -3.66. The van der Waals surface area contributed by atoms with Gasteiger partial charge in [0.2, 0.25) is 0 Å². The van der Waals surface area contributed by atoms with Gasteiger partial charge in [-0.05, 0) is 41.5 Å². The van der Waals surface area contributed by atoms with Crippen LogP contribution in [0.5, 0.6) is 5.75 Å². The van der Waals surface area contributed by atoms with E-state index in [1.807, 2.05) is 72.8 Å². The summed E-state index contributed by atoms with van der Waals surface area (Å²) in [6, 6.07) is 23.2. The van der Waals surface area contributed by atoms with Gasteiger partial charge in [-0.25, -0.2) is 0 Å². The van der Waals surface area contributed by atoms with E-state index >= 15 is 0 Å². The van der Waals surface area contributed by atoms with Crippen LogP contribution in [0.15, 0.2) is 90.0 Å². The van der Waals surface area contributed by atoms with Crippen molar-refractivity contribution in [1.29, 1.82) is 0 Å².